The molecule has 0 saturated heterocycles. The Kier molecular flexibility index (Phi) is 6.94. The molecule has 6 nitrogen and oxygen atoms in total. The molecule has 1 atom stereocenters. The van der Waals surface area contributed by atoms with Gasteiger partial charge in [-0.1, -0.05) is 0 Å². The lowest BCUT2D eigenvalue weighted by Gasteiger charge is -2.17. The van der Waals surface area contributed by atoms with Crippen molar-refractivity contribution < 1.29 is 31.4 Å². The first-order chi connectivity index (χ1) is 7.70. The average molecular weight is 280 g/mol. The van der Waals surface area contributed by atoms with Gasteiger partial charge in [0.25, 0.3) is 10.2 Å². The van der Waals surface area contributed by atoms with Gasteiger partial charge in [0.05, 0.1) is 6.61 Å². The molecule has 0 heterocycles. The summed E-state index contributed by atoms with van der Waals surface area (Å²) in [7, 11) is -2.96. The molecule has 0 fully saturated rings. The lowest BCUT2D eigenvalue weighted by atomic mass is 10.2. The summed E-state index contributed by atoms with van der Waals surface area (Å²) in [5, 5.41) is 8.63. The van der Waals surface area contributed by atoms with E-state index in [1.807, 2.05) is 4.72 Å². The number of nitrogens with one attached hydrogen (secondary N) is 2. The summed E-state index contributed by atoms with van der Waals surface area (Å²) in [5.74, 6) is 0. The van der Waals surface area contributed by atoms with Crippen LogP contribution in [0.25, 0.3) is 0 Å². The number of alkyl halides is 3. The number of halogens is 3. The molecule has 0 aliphatic carbocycles. The van der Waals surface area contributed by atoms with Crippen LogP contribution in [0.5, 0.6) is 0 Å². The van der Waals surface area contributed by atoms with Crippen molar-refractivity contribution in [2.45, 2.75) is 18.6 Å². The summed E-state index contributed by atoms with van der Waals surface area (Å²) in [4.78, 5) is 0. The summed E-state index contributed by atoms with van der Waals surface area (Å²) in [6, 6.07) is -0.782. The summed E-state index contributed by atoms with van der Waals surface area (Å²) >= 11 is 0. The average Bonchev–Trinajstić information content (AvgIpc) is 2.14. The van der Waals surface area contributed by atoms with E-state index >= 15 is 0 Å². The van der Waals surface area contributed by atoms with Crippen molar-refractivity contribution in [2.24, 2.45) is 0 Å². The second-order valence-electron chi connectivity index (χ2n) is 3.22. The highest BCUT2D eigenvalue weighted by molar-refractivity contribution is 7.87. The number of rotatable bonds is 8. The zero-order valence-corrected chi connectivity index (χ0v) is 9.94. The molecule has 0 bridgehead atoms. The monoisotopic (exact) mass is 280 g/mol. The Morgan fingerprint density at radius 1 is 1.41 bits per heavy atom. The zero-order valence-electron chi connectivity index (χ0n) is 9.12. The van der Waals surface area contributed by atoms with Crippen molar-refractivity contribution in [3.8, 4) is 0 Å². The van der Waals surface area contributed by atoms with Crippen LogP contribution in [0.3, 0.4) is 0 Å². The van der Waals surface area contributed by atoms with E-state index in [9.17, 15) is 21.6 Å². The van der Waals surface area contributed by atoms with Crippen LogP contribution in [0, 0.1) is 0 Å². The quantitative estimate of drug-likeness (QED) is 0.552. The van der Waals surface area contributed by atoms with Gasteiger partial charge in [-0.05, 0) is 6.42 Å². The number of ether oxygens (including phenoxy) is 1. The standard InChI is InChI=1S/C7H15F3N2O4S/c1-16-4-6(2-3-13)12-17(14,15)11-5-7(8,9)10/h6,11-13H,2-5H2,1H3. The third-order valence-electron chi connectivity index (χ3n) is 1.63. The highest BCUT2D eigenvalue weighted by Crippen LogP contribution is 2.12. The van der Waals surface area contributed by atoms with Gasteiger partial charge in [-0.25, -0.2) is 0 Å². The summed E-state index contributed by atoms with van der Waals surface area (Å²) in [6.45, 7) is -2.01. The molecule has 17 heavy (non-hydrogen) atoms. The van der Waals surface area contributed by atoms with Crippen molar-refractivity contribution in [3.63, 3.8) is 0 Å². The SMILES string of the molecule is COCC(CCO)NS(=O)(=O)NCC(F)(F)F. The van der Waals surface area contributed by atoms with Gasteiger partial charge in [0.1, 0.15) is 6.54 Å². The van der Waals surface area contributed by atoms with Gasteiger partial charge >= 0.3 is 6.18 Å². The predicted octanol–water partition coefficient (Wildman–Crippen LogP) is -0.630. The number of aliphatic hydroxyl groups excluding tert-OH is 1. The molecule has 3 N–H and O–H groups in total. The van der Waals surface area contributed by atoms with Crippen LogP contribution in [0.4, 0.5) is 13.2 Å². The van der Waals surface area contributed by atoms with Gasteiger partial charge in [-0.3, -0.25) is 0 Å². The Balaban J connectivity index is 4.30. The highest BCUT2D eigenvalue weighted by Gasteiger charge is 2.30. The second-order valence-corrected chi connectivity index (χ2v) is 4.75. The molecular weight excluding hydrogens is 265 g/mol. The summed E-state index contributed by atoms with van der Waals surface area (Å²) in [6.07, 6.45) is -4.58. The molecule has 0 aliphatic rings. The lowest BCUT2D eigenvalue weighted by molar-refractivity contribution is -0.121. The van der Waals surface area contributed by atoms with Crippen molar-refractivity contribution in [1.29, 1.82) is 0 Å². The molecule has 0 spiro atoms. The fourth-order valence-electron chi connectivity index (χ4n) is 0.971. The minimum absolute atomic E-state index is 0.0424. The van der Waals surface area contributed by atoms with Crippen molar-refractivity contribution in [3.05, 3.63) is 0 Å². The van der Waals surface area contributed by atoms with Crippen LogP contribution in [0.1, 0.15) is 6.42 Å². The largest absolute Gasteiger partial charge is 0.402 e. The molecule has 104 valence electrons. The molecule has 10 heteroatoms. The first kappa shape index (κ1) is 16.6. The van der Waals surface area contributed by atoms with Crippen molar-refractivity contribution >= 4 is 10.2 Å². The lowest BCUT2D eigenvalue weighted by Crippen LogP contribution is -2.47. The van der Waals surface area contributed by atoms with Crippen LogP contribution in [0.15, 0.2) is 0 Å². The van der Waals surface area contributed by atoms with E-state index in [2.05, 4.69) is 4.74 Å². The van der Waals surface area contributed by atoms with Crippen LogP contribution >= 0.6 is 0 Å². The van der Waals surface area contributed by atoms with E-state index < -0.39 is 29.0 Å². The van der Waals surface area contributed by atoms with Gasteiger partial charge in [0.15, 0.2) is 0 Å². The van der Waals surface area contributed by atoms with Gasteiger partial charge in [-0.15, -0.1) is 0 Å². The Morgan fingerprint density at radius 2 is 2.00 bits per heavy atom. The Bertz CT molecular complexity index is 301. The minimum Gasteiger partial charge on any atom is -0.396 e. The van der Waals surface area contributed by atoms with E-state index in [1.165, 1.54) is 11.8 Å². The maximum Gasteiger partial charge on any atom is 0.402 e. The molecule has 0 radical (unpaired) electrons. The van der Waals surface area contributed by atoms with E-state index in [-0.39, 0.29) is 19.6 Å². The van der Waals surface area contributed by atoms with Gasteiger partial charge in [-0.2, -0.15) is 31.0 Å². The fraction of sp³-hybridized carbons (Fsp3) is 1.00. The third kappa shape index (κ3) is 9.30. The van der Waals surface area contributed by atoms with E-state index in [1.54, 1.807) is 0 Å². The maximum atomic E-state index is 11.8. The molecule has 0 aromatic rings. The Labute approximate surface area is 97.3 Å². The molecule has 0 aliphatic heterocycles. The van der Waals surface area contributed by atoms with E-state index in [0.717, 1.165) is 0 Å². The van der Waals surface area contributed by atoms with Crippen LogP contribution in [-0.4, -0.2) is 52.6 Å². The molecule has 0 rings (SSSR count). The van der Waals surface area contributed by atoms with E-state index in [0.29, 0.717) is 0 Å². The molecular formula is C7H15F3N2O4S. The number of hydrogen-bond acceptors (Lipinski definition) is 4. The minimum atomic E-state index is -4.62. The molecule has 0 saturated carbocycles. The van der Waals surface area contributed by atoms with Crippen LogP contribution in [0.2, 0.25) is 0 Å². The maximum absolute atomic E-state index is 11.8. The van der Waals surface area contributed by atoms with Crippen molar-refractivity contribution in [1.82, 2.24) is 9.44 Å². The highest BCUT2D eigenvalue weighted by atomic mass is 32.2. The van der Waals surface area contributed by atoms with Gasteiger partial charge in [0, 0.05) is 19.8 Å². The molecule has 0 aromatic carbocycles. The first-order valence-corrected chi connectivity index (χ1v) is 6.12. The fourth-order valence-corrected chi connectivity index (χ4v) is 2.03. The predicted molar refractivity (Wildman–Crippen MR) is 53.5 cm³/mol. The molecule has 0 aromatic heterocycles. The number of hydrogen-bond donors (Lipinski definition) is 3. The van der Waals surface area contributed by atoms with Gasteiger partial charge in [0.2, 0.25) is 0 Å². The summed E-state index contributed by atoms with van der Waals surface area (Å²) in [5.41, 5.74) is 0. The molecule has 0 amide bonds. The van der Waals surface area contributed by atoms with Crippen LogP contribution < -0.4 is 9.44 Å². The number of aliphatic hydroxyl groups is 1. The summed E-state index contributed by atoms with van der Waals surface area (Å²) < 4.78 is 65.7. The Hall–Kier alpha value is -0.420. The smallest absolute Gasteiger partial charge is 0.396 e. The van der Waals surface area contributed by atoms with Crippen molar-refractivity contribution in [2.75, 3.05) is 26.9 Å². The second kappa shape index (κ2) is 7.11. The van der Waals surface area contributed by atoms with E-state index in [4.69, 9.17) is 5.11 Å². The Morgan fingerprint density at radius 3 is 2.41 bits per heavy atom. The first-order valence-electron chi connectivity index (χ1n) is 4.63. The number of methoxy groups -OCH3 is 1. The topological polar surface area (TPSA) is 87.7 Å². The molecule has 1 unspecified atom stereocenters. The zero-order chi connectivity index (χ0) is 13.5. The third-order valence-corrected chi connectivity index (χ3v) is 2.80. The normalized spacial score (nSPS) is 14.9. The van der Waals surface area contributed by atoms with Crippen LogP contribution in [-0.2, 0) is 14.9 Å². The van der Waals surface area contributed by atoms with Gasteiger partial charge < -0.3 is 9.84 Å².